The summed E-state index contributed by atoms with van der Waals surface area (Å²) in [5.74, 6) is -4.63. The zero-order valence-corrected chi connectivity index (χ0v) is 37.4. The Morgan fingerprint density at radius 2 is 1.41 bits per heavy atom. The average molecular weight is 829 g/mol. The number of nitrogens with one attached hydrogen (secondary N) is 3. The summed E-state index contributed by atoms with van der Waals surface area (Å²) in [6.07, 6.45) is 3.44. The van der Waals surface area contributed by atoms with Crippen molar-refractivity contribution < 1.29 is 43.4 Å². The van der Waals surface area contributed by atoms with Crippen LogP contribution in [0.2, 0.25) is 0 Å². The Balaban J connectivity index is 3.13. The van der Waals surface area contributed by atoms with Gasteiger partial charge in [0.05, 0.1) is 12.6 Å². The van der Waals surface area contributed by atoms with Gasteiger partial charge in [0.1, 0.15) is 18.1 Å². The second-order valence-corrected chi connectivity index (χ2v) is 16.5. The highest BCUT2D eigenvalue weighted by molar-refractivity contribution is 5.95. The van der Waals surface area contributed by atoms with Gasteiger partial charge in [-0.2, -0.15) is 0 Å². The van der Waals surface area contributed by atoms with Gasteiger partial charge in [-0.25, -0.2) is 9.59 Å². The molecule has 1 rings (SSSR count). The number of likely N-dealkylation sites (N-methyl/N-ethyl adjacent to an activating group) is 2. The number of carboxylic acid groups (broad SMARTS) is 1. The lowest BCUT2D eigenvalue weighted by Crippen LogP contribution is -2.56. The van der Waals surface area contributed by atoms with Gasteiger partial charge in [-0.3, -0.25) is 24.0 Å². The number of nitrogens with two attached hydrogens (primary N) is 1. The van der Waals surface area contributed by atoms with Crippen LogP contribution in [0.15, 0.2) is 42.0 Å². The van der Waals surface area contributed by atoms with E-state index in [4.69, 9.17) is 10.5 Å². The number of carbonyl (C=O) groups is 7. The maximum Gasteiger partial charge on any atom is 0.334 e. The largest absolute Gasteiger partial charge is 0.480 e. The molecule has 0 aliphatic rings. The third kappa shape index (κ3) is 17.5. The zero-order chi connectivity index (χ0) is 45.1. The average Bonchev–Trinajstić information content (AvgIpc) is 3.18. The van der Waals surface area contributed by atoms with Crippen LogP contribution in [0.5, 0.6) is 0 Å². The first-order valence-electron chi connectivity index (χ1n) is 20.9. The molecule has 0 heterocycles. The van der Waals surface area contributed by atoms with Gasteiger partial charge in [0.15, 0.2) is 6.10 Å². The quantitative estimate of drug-likeness (QED) is 0.0709. The first-order valence-corrected chi connectivity index (χ1v) is 20.9. The van der Waals surface area contributed by atoms with Crippen molar-refractivity contribution in [3.05, 3.63) is 47.5 Å². The standard InChI is InChI=1S/C44H72N6O9/c1-13-27(5)37(48-39(52)31(9)45)29(7)19-18-20-30(8)44(58)59-35(23-26(3)4)40(53)46-32(10)41(54)50(12)34(24-33-21-16-15-17-22-33)42(55)49(11)25-36(51)47-38(43(56)57)28(6)14-2/h15-17,20-22,26-29,31-32,34-35,37-38H,13-14,18-19,23-25,45H2,1-12H3,(H,46,53)(H,47,51)(H,48,52)(H,56,57)/b30-20+/t27?,28?,29-,31?,32+,34+,35+,37+,38?/m0/s1. The van der Waals surface area contributed by atoms with Crippen LogP contribution in [0.4, 0.5) is 0 Å². The molecular formula is C44H72N6O9. The normalized spacial score (nSPS) is 16.2. The summed E-state index contributed by atoms with van der Waals surface area (Å²) in [4.78, 5) is 94.1. The lowest BCUT2D eigenvalue weighted by molar-refractivity contribution is -0.154. The summed E-state index contributed by atoms with van der Waals surface area (Å²) in [7, 11) is 2.84. The number of ether oxygens (including phenoxy) is 1. The number of benzene rings is 1. The zero-order valence-electron chi connectivity index (χ0n) is 37.4. The van der Waals surface area contributed by atoms with Crippen LogP contribution in [0.25, 0.3) is 0 Å². The van der Waals surface area contributed by atoms with Crippen molar-refractivity contribution in [2.75, 3.05) is 20.6 Å². The van der Waals surface area contributed by atoms with Crippen LogP contribution in [0.1, 0.15) is 107 Å². The molecule has 0 aliphatic heterocycles. The molecule has 0 aliphatic carbocycles. The molecule has 0 fully saturated rings. The Morgan fingerprint density at radius 3 is 1.93 bits per heavy atom. The fourth-order valence-corrected chi connectivity index (χ4v) is 6.58. The second-order valence-electron chi connectivity index (χ2n) is 16.5. The Labute approximate surface area is 351 Å². The lowest BCUT2D eigenvalue weighted by atomic mass is 9.85. The second kappa shape index (κ2) is 25.6. The number of aliphatic carboxylic acids is 1. The third-order valence-electron chi connectivity index (χ3n) is 10.9. The summed E-state index contributed by atoms with van der Waals surface area (Å²) < 4.78 is 5.71. The van der Waals surface area contributed by atoms with E-state index < -0.39 is 72.4 Å². The van der Waals surface area contributed by atoms with E-state index in [1.165, 1.54) is 25.9 Å². The molecule has 5 amide bonds. The smallest absolute Gasteiger partial charge is 0.334 e. The van der Waals surface area contributed by atoms with E-state index in [-0.39, 0.29) is 48.5 Å². The van der Waals surface area contributed by atoms with E-state index in [0.29, 0.717) is 24.8 Å². The van der Waals surface area contributed by atoms with Gasteiger partial charge < -0.3 is 41.3 Å². The first-order chi connectivity index (χ1) is 27.5. The van der Waals surface area contributed by atoms with Gasteiger partial charge in [-0.1, -0.05) is 97.7 Å². The molecule has 0 spiro atoms. The number of rotatable bonds is 25. The minimum Gasteiger partial charge on any atom is -0.480 e. The number of allylic oxidation sites excluding steroid dienone is 1. The molecule has 0 saturated carbocycles. The van der Waals surface area contributed by atoms with Crippen molar-refractivity contribution in [3.8, 4) is 0 Å². The van der Waals surface area contributed by atoms with E-state index in [9.17, 15) is 38.7 Å². The Bertz CT molecular complexity index is 1580. The van der Waals surface area contributed by atoms with Crippen LogP contribution < -0.4 is 21.7 Å². The maximum atomic E-state index is 13.9. The van der Waals surface area contributed by atoms with Gasteiger partial charge in [0.25, 0.3) is 5.91 Å². The van der Waals surface area contributed by atoms with E-state index in [1.807, 2.05) is 33.8 Å². The topological polar surface area (TPSA) is 218 Å². The molecule has 59 heavy (non-hydrogen) atoms. The summed E-state index contributed by atoms with van der Waals surface area (Å²) in [5, 5.41) is 17.9. The van der Waals surface area contributed by atoms with E-state index >= 15 is 0 Å². The van der Waals surface area contributed by atoms with Crippen molar-refractivity contribution in [1.29, 1.82) is 0 Å². The van der Waals surface area contributed by atoms with Crippen molar-refractivity contribution in [2.24, 2.45) is 29.4 Å². The number of amides is 5. The van der Waals surface area contributed by atoms with E-state index in [2.05, 4.69) is 29.8 Å². The fourth-order valence-electron chi connectivity index (χ4n) is 6.58. The highest BCUT2D eigenvalue weighted by atomic mass is 16.5. The molecule has 6 N–H and O–H groups in total. The summed E-state index contributed by atoms with van der Waals surface area (Å²) in [6, 6.07) is 4.93. The summed E-state index contributed by atoms with van der Waals surface area (Å²) in [5.41, 5.74) is 6.85. The molecule has 0 saturated heterocycles. The van der Waals surface area contributed by atoms with Gasteiger partial charge in [0.2, 0.25) is 23.6 Å². The van der Waals surface area contributed by atoms with Crippen molar-refractivity contribution in [1.82, 2.24) is 25.8 Å². The Morgan fingerprint density at radius 1 is 0.814 bits per heavy atom. The number of carboxylic acids is 1. The molecule has 0 aromatic heterocycles. The molecular weight excluding hydrogens is 757 g/mol. The number of carbonyl (C=O) groups excluding carboxylic acids is 6. The molecule has 15 heteroatoms. The predicted octanol–water partition coefficient (Wildman–Crippen LogP) is 3.83. The van der Waals surface area contributed by atoms with Crippen LogP contribution in [0.3, 0.4) is 0 Å². The van der Waals surface area contributed by atoms with E-state index in [0.717, 1.165) is 16.9 Å². The highest BCUT2D eigenvalue weighted by Crippen LogP contribution is 2.22. The van der Waals surface area contributed by atoms with Gasteiger partial charge >= 0.3 is 11.9 Å². The van der Waals surface area contributed by atoms with Crippen LogP contribution in [0, 0.1) is 23.7 Å². The third-order valence-corrected chi connectivity index (χ3v) is 10.9. The van der Waals surface area contributed by atoms with Crippen molar-refractivity contribution in [2.45, 2.75) is 144 Å². The minimum atomic E-state index is -1.20. The lowest BCUT2D eigenvalue weighted by Gasteiger charge is -2.33. The SMILES string of the molecule is CCC(C)C(NC(=O)CN(C)C(=O)[C@@H](Cc1ccccc1)N(C)C(=O)[C@@H](C)NC(=O)[C@@H](CC(C)C)OC(=O)/C(C)=C/CC[C@H](C)[C@H](NC(=O)C(C)N)C(C)CC)C(=O)O. The van der Waals surface area contributed by atoms with Crippen LogP contribution >= 0.6 is 0 Å². The molecule has 9 atom stereocenters. The predicted molar refractivity (Wildman–Crippen MR) is 227 cm³/mol. The number of nitrogens with zero attached hydrogens (tertiary/aromatic N) is 2. The summed E-state index contributed by atoms with van der Waals surface area (Å²) in [6.45, 7) is 17.7. The molecule has 1 aromatic carbocycles. The monoisotopic (exact) mass is 829 g/mol. The molecule has 4 unspecified atom stereocenters. The number of hydrogen-bond donors (Lipinski definition) is 5. The highest BCUT2D eigenvalue weighted by Gasteiger charge is 2.35. The Hall–Kier alpha value is -4.79. The Kier molecular flexibility index (Phi) is 22.7. The van der Waals surface area contributed by atoms with Crippen molar-refractivity contribution in [3.63, 3.8) is 0 Å². The van der Waals surface area contributed by atoms with Crippen LogP contribution in [-0.4, -0.2) is 113 Å². The molecule has 1 aromatic rings. The minimum absolute atomic E-state index is 0.0436. The first kappa shape index (κ1) is 52.2. The van der Waals surface area contributed by atoms with E-state index in [1.54, 1.807) is 51.1 Å². The molecule has 15 nitrogen and oxygen atoms in total. The molecule has 332 valence electrons. The van der Waals surface area contributed by atoms with Gasteiger partial charge in [-0.05, 0) is 69.3 Å². The summed E-state index contributed by atoms with van der Waals surface area (Å²) >= 11 is 0. The number of hydrogen-bond acceptors (Lipinski definition) is 9. The fraction of sp³-hybridized carbons (Fsp3) is 0.659. The maximum absolute atomic E-state index is 13.9. The van der Waals surface area contributed by atoms with Gasteiger partial charge in [0, 0.05) is 32.1 Å². The van der Waals surface area contributed by atoms with Crippen LogP contribution in [-0.2, 0) is 44.7 Å². The molecule has 0 bridgehead atoms. The molecule has 0 radical (unpaired) electrons. The number of esters is 1. The van der Waals surface area contributed by atoms with Crippen molar-refractivity contribution >= 4 is 41.5 Å². The van der Waals surface area contributed by atoms with Gasteiger partial charge in [-0.15, -0.1) is 0 Å².